The van der Waals surface area contributed by atoms with Crippen molar-refractivity contribution in [2.24, 2.45) is 0 Å². The van der Waals surface area contributed by atoms with Gasteiger partial charge in [-0.05, 0) is 25.0 Å². The number of ether oxygens (including phenoxy) is 1. The third-order valence-electron chi connectivity index (χ3n) is 3.84. The summed E-state index contributed by atoms with van der Waals surface area (Å²) in [4.78, 5) is 15.8. The molecule has 2 amide bonds. The minimum absolute atomic E-state index is 0.0832. The maximum atomic E-state index is 12.3. The van der Waals surface area contributed by atoms with Crippen LogP contribution in [-0.4, -0.2) is 46.1 Å². The molecule has 1 aromatic heterocycles. The normalized spacial score (nSPS) is 15.6. The molecule has 7 heteroatoms. The summed E-state index contributed by atoms with van der Waals surface area (Å²) >= 11 is 0. The molecule has 1 N–H and O–H groups in total. The van der Waals surface area contributed by atoms with Gasteiger partial charge in [0.05, 0.1) is 25.5 Å². The van der Waals surface area contributed by atoms with Crippen LogP contribution < -0.4 is 10.1 Å². The molecular formula is C15H19N5O2. The topological polar surface area (TPSA) is 72.3 Å². The lowest BCUT2D eigenvalue weighted by atomic mass is 10.1. The van der Waals surface area contributed by atoms with E-state index in [1.54, 1.807) is 30.4 Å². The minimum atomic E-state index is -0.0832. The third-order valence-corrected chi connectivity index (χ3v) is 3.84. The highest BCUT2D eigenvalue weighted by Gasteiger charge is 2.24. The van der Waals surface area contributed by atoms with Crippen LogP contribution in [0.4, 0.5) is 10.5 Å². The van der Waals surface area contributed by atoms with Crippen LogP contribution in [-0.2, 0) is 0 Å². The van der Waals surface area contributed by atoms with Crippen molar-refractivity contribution >= 4 is 11.7 Å². The molecule has 1 aromatic carbocycles. The average molecular weight is 301 g/mol. The number of amides is 2. The fraction of sp³-hybridized carbons (Fsp3) is 0.400. The lowest BCUT2D eigenvalue weighted by Crippen LogP contribution is -2.41. The molecule has 3 rings (SSSR count). The van der Waals surface area contributed by atoms with Gasteiger partial charge >= 0.3 is 6.03 Å². The number of methoxy groups -OCH3 is 1. The van der Waals surface area contributed by atoms with Crippen LogP contribution in [0.15, 0.2) is 36.7 Å². The van der Waals surface area contributed by atoms with Crippen molar-refractivity contribution in [1.29, 1.82) is 0 Å². The Kier molecular flexibility index (Phi) is 4.22. The molecule has 116 valence electrons. The van der Waals surface area contributed by atoms with E-state index in [0.29, 0.717) is 13.1 Å². The molecular weight excluding hydrogens is 282 g/mol. The van der Waals surface area contributed by atoms with Gasteiger partial charge in [0.2, 0.25) is 0 Å². The van der Waals surface area contributed by atoms with Crippen molar-refractivity contribution in [1.82, 2.24) is 19.9 Å². The second kappa shape index (κ2) is 6.46. The number of hydrogen-bond acceptors (Lipinski definition) is 4. The summed E-state index contributed by atoms with van der Waals surface area (Å²) in [6, 6.07) is 7.54. The largest absolute Gasteiger partial charge is 0.497 e. The van der Waals surface area contributed by atoms with Gasteiger partial charge in [-0.1, -0.05) is 6.07 Å². The molecule has 1 aliphatic heterocycles. The second-order valence-corrected chi connectivity index (χ2v) is 5.23. The van der Waals surface area contributed by atoms with Gasteiger partial charge in [-0.25, -0.2) is 4.79 Å². The Bertz CT molecular complexity index is 621. The average Bonchev–Trinajstić information content (AvgIpc) is 3.09. The Balaban J connectivity index is 1.55. The second-order valence-electron chi connectivity index (χ2n) is 5.23. The Hall–Kier alpha value is -2.57. The summed E-state index contributed by atoms with van der Waals surface area (Å²) in [6.07, 6.45) is 5.09. The number of carbonyl (C=O) groups excluding carboxylic acids is 1. The van der Waals surface area contributed by atoms with E-state index in [1.807, 2.05) is 23.1 Å². The third kappa shape index (κ3) is 3.19. The predicted octanol–water partition coefficient (Wildman–Crippen LogP) is 2.16. The van der Waals surface area contributed by atoms with Crippen molar-refractivity contribution in [2.75, 3.05) is 25.5 Å². The van der Waals surface area contributed by atoms with Crippen molar-refractivity contribution in [2.45, 2.75) is 18.9 Å². The zero-order valence-corrected chi connectivity index (χ0v) is 12.5. The predicted molar refractivity (Wildman–Crippen MR) is 81.9 cm³/mol. The summed E-state index contributed by atoms with van der Waals surface area (Å²) in [5.41, 5.74) is 0.736. The van der Waals surface area contributed by atoms with E-state index in [2.05, 4.69) is 15.5 Å². The first kappa shape index (κ1) is 14.4. The number of aromatic nitrogens is 3. The molecule has 0 bridgehead atoms. The molecule has 22 heavy (non-hydrogen) atoms. The number of hydrogen-bond donors (Lipinski definition) is 1. The first-order chi connectivity index (χ1) is 10.8. The van der Waals surface area contributed by atoms with Gasteiger partial charge in [0, 0.05) is 24.8 Å². The van der Waals surface area contributed by atoms with Gasteiger partial charge in [-0.15, -0.1) is 0 Å². The number of nitrogens with one attached hydrogen (secondary N) is 1. The number of anilines is 1. The van der Waals surface area contributed by atoms with E-state index in [4.69, 9.17) is 4.74 Å². The maximum absolute atomic E-state index is 12.3. The number of benzene rings is 1. The van der Waals surface area contributed by atoms with E-state index in [1.165, 1.54) is 0 Å². The number of nitrogens with zero attached hydrogens (tertiary/aromatic N) is 4. The van der Waals surface area contributed by atoms with Crippen LogP contribution in [0.5, 0.6) is 5.75 Å². The van der Waals surface area contributed by atoms with Crippen LogP contribution in [0.3, 0.4) is 0 Å². The number of rotatable bonds is 3. The van der Waals surface area contributed by atoms with Gasteiger partial charge in [-0.2, -0.15) is 15.0 Å². The fourth-order valence-corrected chi connectivity index (χ4v) is 2.62. The van der Waals surface area contributed by atoms with Crippen LogP contribution in [0.25, 0.3) is 0 Å². The molecule has 1 aliphatic rings. The summed E-state index contributed by atoms with van der Waals surface area (Å²) in [7, 11) is 1.61. The van der Waals surface area contributed by atoms with Gasteiger partial charge < -0.3 is 15.0 Å². The number of carbonyl (C=O) groups is 1. The Morgan fingerprint density at radius 1 is 1.27 bits per heavy atom. The number of piperidine rings is 1. The highest BCUT2D eigenvalue weighted by atomic mass is 16.5. The smallest absolute Gasteiger partial charge is 0.321 e. The van der Waals surface area contributed by atoms with E-state index < -0.39 is 0 Å². The summed E-state index contributed by atoms with van der Waals surface area (Å²) in [5.74, 6) is 0.723. The first-order valence-corrected chi connectivity index (χ1v) is 7.32. The minimum Gasteiger partial charge on any atom is -0.497 e. The molecule has 0 spiro atoms. The van der Waals surface area contributed by atoms with Crippen LogP contribution in [0.1, 0.15) is 18.9 Å². The SMILES string of the molecule is COc1cccc(NC(=O)N2CCC(n3nccn3)CC2)c1. The van der Waals surface area contributed by atoms with E-state index in [9.17, 15) is 4.79 Å². The zero-order chi connectivity index (χ0) is 15.4. The zero-order valence-electron chi connectivity index (χ0n) is 12.5. The molecule has 7 nitrogen and oxygen atoms in total. The maximum Gasteiger partial charge on any atom is 0.321 e. The summed E-state index contributed by atoms with van der Waals surface area (Å²) < 4.78 is 5.16. The quantitative estimate of drug-likeness (QED) is 0.943. The lowest BCUT2D eigenvalue weighted by molar-refractivity contribution is 0.175. The van der Waals surface area contributed by atoms with E-state index >= 15 is 0 Å². The molecule has 0 radical (unpaired) electrons. The number of urea groups is 1. The Morgan fingerprint density at radius 3 is 2.68 bits per heavy atom. The molecule has 0 aliphatic carbocycles. The van der Waals surface area contributed by atoms with Crippen LogP contribution >= 0.6 is 0 Å². The van der Waals surface area contributed by atoms with Crippen molar-refractivity contribution < 1.29 is 9.53 Å². The Morgan fingerprint density at radius 2 is 2.00 bits per heavy atom. The van der Waals surface area contributed by atoms with Crippen LogP contribution in [0.2, 0.25) is 0 Å². The first-order valence-electron chi connectivity index (χ1n) is 7.32. The summed E-state index contributed by atoms with van der Waals surface area (Å²) in [5, 5.41) is 11.2. The highest BCUT2D eigenvalue weighted by molar-refractivity contribution is 5.89. The molecule has 1 fully saturated rings. The molecule has 0 saturated carbocycles. The molecule has 2 heterocycles. The van der Waals surface area contributed by atoms with Crippen LogP contribution in [0, 0.1) is 0 Å². The van der Waals surface area contributed by atoms with Gasteiger partial charge in [0.1, 0.15) is 5.75 Å². The highest BCUT2D eigenvalue weighted by Crippen LogP contribution is 2.22. The van der Waals surface area contributed by atoms with Crippen molar-refractivity contribution in [3.8, 4) is 5.75 Å². The lowest BCUT2D eigenvalue weighted by Gasteiger charge is -2.31. The van der Waals surface area contributed by atoms with Gasteiger partial charge in [0.25, 0.3) is 0 Å². The van der Waals surface area contributed by atoms with Crippen molar-refractivity contribution in [3.63, 3.8) is 0 Å². The van der Waals surface area contributed by atoms with Gasteiger partial charge in [0.15, 0.2) is 0 Å². The van der Waals surface area contributed by atoms with E-state index in [-0.39, 0.29) is 12.1 Å². The molecule has 2 aromatic rings. The van der Waals surface area contributed by atoms with E-state index in [0.717, 1.165) is 24.3 Å². The molecule has 0 unspecified atom stereocenters. The standard InChI is InChI=1S/C15H19N5O2/c1-22-14-4-2-3-12(11-14)18-15(21)19-9-5-13(6-10-19)20-16-7-8-17-20/h2-4,7-8,11,13H,5-6,9-10H2,1H3,(H,18,21). The summed E-state index contributed by atoms with van der Waals surface area (Å²) in [6.45, 7) is 1.39. The monoisotopic (exact) mass is 301 g/mol. The fourth-order valence-electron chi connectivity index (χ4n) is 2.62. The van der Waals surface area contributed by atoms with Crippen molar-refractivity contribution in [3.05, 3.63) is 36.7 Å². The number of likely N-dealkylation sites (tertiary alicyclic amines) is 1. The molecule has 0 atom stereocenters. The molecule has 1 saturated heterocycles. The van der Waals surface area contributed by atoms with Gasteiger partial charge in [-0.3, -0.25) is 0 Å². The Labute approximate surface area is 128 Å².